The summed E-state index contributed by atoms with van der Waals surface area (Å²) in [6.07, 6.45) is 1.89. The number of hydrogen-bond donors (Lipinski definition) is 1. The summed E-state index contributed by atoms with van der Waals surface area (Å²) in [6.45, 7) is 0. The van der Waals surface area contributed by atoms with Crippen molar-refractivity contribution in [3.8, 4) is 22.3 Å². The maximum Gasteiger partial charge on any atom is 0.328 e. The molecule has 1 aliphatic rings. The molecule has 0 saturated heterocycles. The van der Waals surface area contributed by atoms with Crippen LogP contribution in [-0.4, -0.2) is 14.8 Å². The lowest BCUT2D eigenvalue weighted by Gasteiger charge is -2.26. The lowest BCUT2D eigenvalue weighted by atomic mass is 9.93. The van der Waals surface area contributed by atoms with E-state index in [4.69, 9.17) is 9.41 Å². The quantitative estimate of drug-likeness (QED) is 0.205. The fourth-order valence-electron chi connectivity index (χ4n) is 7.05. The van der Waals surface area contributed by atoms with E-state index < -0.39 is 0 Å². The molecule has 1 unspecified atom stereocenters. The van der Waals surface area contributed by atoms with Crippen LogP contribution in [0, 0.1) is 0 Å². The minimum atomic E-state index is -0.275. The Hall–Kier alpha value is -6.40. The third-order valence-electron chi connectivity index (χ3n) is 9.63. The van der Waals surface area contributed by atoms with Gasteiger partial charge in [-0.1, -0.05) is 103 Å². The fraction of sp³-hybridized carbons (Fsp3) is 0.0698. The zero-order valence-electron chi connectivity index (χ0n) is 27.1. The van der Waals surface area contributed by atoms with Gasteiger partial charge in [-0.05, 0) is 75.9 Å². The van der Waals surface area contributed by atoms with Crippen molar-refractivity contribution in [2.45, 2.75) is 6.17 Å². The number of aryl methyl sites for hydroxylation is 2. The predicted molar refractivity (Wildman–Crippen MR) is 200 cm³/mol. The second-order valence-electron chi connectivity index (χ2n) is 12.6. The molecular weight excluding hydrogens is 604 g/mol. The highest BCUT2D eigenvalue weighted by atomic mass is 16.3. The number of aliphatic imine (C=N–C) groups is 1. The Kier molecular flexibility index (Phi) is 6.69. The molecule has 0 radical (unpaired) electrons. The number of imidazole rings is 1. The van der Waals surface area contributed by atoms with Crippen LogP contribution in [0.2, 0.25) is 0 Å². The minimum absolute atomic E-state index is 0.0328. The highest BCUT2D eigenvalue weighted by molar-refractivity contribution is 6.17. The summed E-state index contributed by atoms with van der Waals surface area (Å²) in [4.78, 5) is 17.9. The molecule has 0 fully saturated rings. The molecule has 8 aromatic rings. The maximum absolute atomic E-state index is 12.6. The predicted octanol–water partition coefficient (Wildman–Crippen LogP) is 9.24. The number of fused-ring (bicyclic) bond motifs is 4. The van der Waals surface area contributed by atoms with E-state index in [0.717, 1.165) is 83.3 Å². The van der Waals surface area contributed by atoms with Gasteiger partial charge in [0.15, 0.2) is 0 Å². The van der Waals surface area contributed by atoms with Gasteiger partial charge in [0.2, 0.25) is 0 Å². The molecule has 0 spiro atoms. The lowest BCUT2D eigenvalue weighted by Crippen LogP contribution is -2.25. The summed E-state index contributed by atoms with van der Waals surface area (Å²) < 4.78 is 9.52. The number of furan rings is 1. The normalized spacial score (nSPS) is 14.6. The molecule has 1 atom stereocenters. The van der Waals surface area contributed by atoms with Gasteiger partial charge in [-0.25, -0.2) is 4.79 Å². The Labute approximate surface area is 282 Å². The molecular formula is C43H32N4O2. The monoisotopic (exact) mass is 636 g/mol. The Morgan fingerprint density at radius 3 is 2.16 bits per heavy atom. The first-order valence-electron chi connectivity index (χ1n) is 16.4. The third-order valence-corrected chi connectivity index (χ3v) is 9.63. The van der Waals surface area contributed by atoms with E-state index >= 15 is 0 Å². The van der Waals surface area contributed by atoms with Gasteiger partial charge in [0, 0.05) is 36.1 Å². The Morgan fingerprint density at radius 2 is 1.29 bits per heavy atom. The van der Waals surface area contributed by atoms with Gasteiger partial charge in [0.05, 0.1) is 16.7 Å². The van der Waals surface area contributed by atoms with Crippen molar-refractivity contribution in [3.05, 3.63) is 173 Å². The molecule has 2 aromatic heterocycles. The Morgan fingerprint density at radius 1 is 0.592 bits per heavy atom. The minimum Gasteiger partial charge on any atom is -0.456 e. The number of benzene rings is 6. The molecule has 0 amide bonds. The molecule has 9 rings (SSSR count). The van der Waals surface area contributed by atoms with Crippen molar-refractivity contribution >= 4 is 44.4 Å². The maximum atomic E-state index is 12.6. The van der Waals surface area contributed by atoms with E-state index in [-0.39, 0.29) is 11.9 Å². The second-order valence-corrected chi connectivity index (χ2v) is 12.6. The molecule has 1 aliphatic heterocycles. The number of hydrogen-bond acceptors (Lipinski definition) is 4. The van der Waals surface area contributed by atoms with E-state index in [0.29, 0.717) is 0 Å². The summed E-state index contributed by atoms with van der Waals surface area (Å²) in [5, 5.41) is 5.93. The zero-order chi connectivity index (χ0) is 33.1. The van der Waals surface area contributed by atoms with Crippen LogP contribution in [0.15, 0.2) is 160 Å². The number of allylic oxidation sites excluding steroid dienone is 1. The van der Waals surface area contributed by atoms with Gasteiger partial charge in [-0.15, -0.1) is 0 Å². The molecule has 6 heteroatoms. The zero-order valence-corrected chi connectivity index (χ0v) is 27.1. The molecule has 0 aliphatic carbocycles. The molecule has 49 heavy (non-hydrogen) atoms. The van der Waals surface area contributed by atoms with E-state index in [1.807, 2.05) is 38.4 Å². The number of nitrogens with zero attached hydrogens (tertiary/aromatic N) is 3. The van der Waals surface area contributed by atoms with Gasteiger partial charge in [0.25, 0.3) is 0 Å². The van der Waals surface area contributed by atoms with E-state index in [2.05, 4.69) is 127 Å². The Balaban J connectivity index is 1.16. The number of para-hydroxylation sites is 1. The third kappa shape index (κ3) is 4.88. The molecule has 1 N–H and O–H groups in total. The van der Waals surface area contributed by atoms with Gasteiger partial charge in [-0.3, -0.25) is 14.1 Å². The molecule has 6 nitrogen and oxygen atoms in total. The van der Waals surface area contributed by atoms with Gasteiger partial charge in [0.1, 0.15) is 17.3 Å². The first kappa shape index (κ1) is 28.8. The smallest absolute Gasteiger partial charge is 0.328 e. The van der Waals surface area contributed by atoms with Crippen molar-refractivity contribution in [1.29, 1.82) is 0 Å². The first-order valence-corrected chi connectivity index (χ1v) is 16.4. The van der Waals surface area contributed by atoms with Crippen LogP contribution in [0.4, 0.5) is 0 Å². The molecule has 236 valence electrons. The molecule has 0 saturated carbocycles. The topological polar surface area (TPSA) is 64.5 Å². The van der Waals surface area contributed by atoms with E-state index in [9.17, 15) is 4.79 Å². The summed E-state index contributed by atoms with van der Waals surface area (Å²) in [5.74, 6) is 0. The number of nitrogens with one attached hydrogen (secondary N) is 1. The average molecular weight is 637 g/mol. The van der Waals surface area contributed by atoms with Gasteiger partial charge < -0.3 is 9.73 Å². The van der Waals surface area contributed by atoms with Crippen LogP contribution in [0.5, 0.6) is 0 Å². The summed E-state index contributed by atoms with van der Waals surface area (Å²) in [7, 11) is 3.63. The SMILES string of the molecule is Cn1c(=O)n(C)c2cc(-c3cccc(C4=CC(c5ccccc5-c5ccc6oc7ccccc7c6c5)=NC(c5ccccc5)N4)c3)ccc21. The molecule has 3 heterocycles. The summed E-state index contributed by atoms with van der Waals surface area (Å²) in [6, 6.07) is 48.2. The van der Waals surface area contributed by atoms with Gasteiger partial charge in [-0.2, -0.15) is 0 Å². The van der Waals surface area contributed by atoms with Crippen LogP contribution in [-0.2, 0) is 14.1 Å². The molecule has 6 aromatic carbocycles. The van der Waals surface area contributed by atoms with E-state index in [1.54, 1.807) is 9.13 Å². The largest absolute Gasteiger partial charge is 0.456 e. The molecule has 0 bridgehead atoms. The van der Waals surface area contributed by atoms with Crippen molar-refractivity contribution in [2.75, 3.05) is 0 Å². The summed E-state index contributed by atoms with van der Waals surface area (Å²) >= 11 is 0. The van der Waals surface area contributed by atoms with Crippen molar-refractivity contribution in [1.82, 2.24) is 14.5 Å². The van der Waals surface area contributed by atoms with Crippen molar-refractivity contribution in [3.63, 3.8) is 0 Å². The van der Waals surface area contributed by atoms with Gasteiger partial charge >= 0.3 is 5.69 Å². The average Bonchev–Trinajstić information content (AvgIpc) is 3.64. The number of rotatable bonds is 5. The van der Waals surface area contributed by atoms with Crippen LogP contribution >= 0.6 is 0 Å². The second kappa shape index (κ2) is 11.4. The van der Waals surface area contributed by atoms with Crippen LogP contribution < -0.4 is 11.0 Å². The standard InChI is InChI=1S/C43H32N4O2/c1-46-38-21-19-29(25-39(38)47(2)43(46)48)28-13-10-14-31(23-28)36-26-37(45-42(44-36)27-11-4-3-5-12-27)33-16-7-6-15-32(33)30-20-22-41-35(24-30)34-17-8-9-18-40(34)49-41/h3-26,42,44H,1-2H3. The van der Waals surface area contributed by atoms with Crippen LogP contribution in [0.3, 0.4) is 0 Å². The lowest BCUT2D eigenvalue weighted by molar-refractivity contribution is 0.664. The number of aromatic nitrogens is 2. The highest BCUT2D eigenvalue weighted by Crippen LogP contribution is 2.36. The Bertz CT molecular complexity index is 2690. The van der Waals surface area contributed by atoms with Crippen LogP contribution in [0.1, 0.15) is 22.9 Å². The van der Waals surface area contributed by atoms with Crippen molar-refractivity contribution in [2.24, 2.45) is 19.1 Å². The first-order chi connectivity index (χ1) is 24.0. The summed E-state index contributed by atoms with van der Waals surface area (Å²) in [5.41, 5.74) is 13.0. The fourth-order valence-corrected chi connectivity index (χ4v) is 7.05. The van der Waals surface area contributed by atoms with Crippen LogP contribution in [0.25, 0.3) is 60.9 Å². The van der Waals surface area contributed by atoms with E-state index in [1.165, 1.54) is 0 Å². The highest BCUT2D eigenvalue weighted by Gasteiger charge is 2.22. The van der Waals surface area contributed by atoms with Crippen molar-refractivity contribution < 1.29 is 4.42 Å².